The second-order valence-corrected chi connectivity index (χ2v) is 6.08. The van der Waals surface area contributed by atoms with E-state index >= 15 is 0 Å². The summed E-state index contributed by atoms with van der Waals surface area (Å²) >= 11 is 6.02. The minimum atomic E-state index is -0.526. The van der Waals surface area contributed by atoms with E-state index in [1.165, 1.54) is 0 Å². The molecular formula is C15H23ClN4O3. The number of nitrogens with two attached hydrogens (primary N) is 1. The maximum Gasteiger partial charge on any atom is 0.407 e. The lowest BCUT2D eigenvalue weighted by Gasteiger charge is -2.19. The first-order valence-electron chi connectivity index (χ1n) is 7.08. The Morgan fingerprint density at radius 3 is 2.65 bits per heavy atom. The Balaban J connectivity index is 2.40. The fourth-order valence-corrected chi connectivity index (χ4v) is 1.84. The Bertz CT molecular complexity index is 570. The molecule has 1 aromatic rings. The monoisotopic (exact) mass is 342 g/mol. The molecule has 1 amide bonds. The van der Waals surface area contributed by atoms with Crippen LogP contribution in [-0.2, 0) is 4.74 Å². The SMILES string of the molecule is COc1ccc(NC(N)=NCCNC(=O)OC(C)(C)C)cc1Cl. The van der Waals surface area contributed by atoms with Gasteiger partial charge in [0.05, 0.1) is 18.7 Å². The molecule has 7 nitrogen and oxygen atoms in total. The topological polar surface area (TPSA) is 98.0 Å². The number of guanidine groups is 1. The molecule has 0 aliphatic carbocycles. The molecule has 0 saturated carbocycles. The summed E-state index contributed by atoms with van der Waals surface area (Å²) < 4.78 is 10.2. The standard InChI is InChI=1S/C15H23ClN4O3/c1-15(2,3)23-14(21)19-8-7-18-13(17)20-10-5-6-12(22-4)11(16)9-10/h5-6,9H,7-8H2,1-4H3,(H,19,21)(H3,17,18,20). The summed E-state index contributed by atoms with van der Waals surface area (Å²) in [5.74, 6) is 0.798. The average Bonchev–Trinajstić information content (AvgIpc) is 2.42. The fraction of sp³-hybridized carbons (Fsp3) is 0.467. The van der Waals surface area contributed by atoms with Crippen LogP contribution in [-0.4, -0.2) is 37.9 Å². The number of halogens is 1. The van der Waals surface area contributed by atoms with Crippen LogP contribution in [0.2, 0.25) is 5.02 Å². The van der Waals surface area contributed by atoms with Crippen LogP contribution in [0.4, 0.5) is 10.5 Å². The van der Waals surface area contributed by atoms with Crippen molar-refractivity contribution in [2.75, 3.05) is 25.5 Å². The lowest BCUT2D eigenvalue weighted by molar-refractivity contribution is 0.0529. The molecule has 0 saturated heterocycles. The van der Waals surface area contributed by atoms with Gasteiger partial charge >= 0.3 is 6.09 Å². The normalized spacial score (nSPS) is 11.8. The predicted octanol–water partition coefficient (Wildman–Crippen LogP) is 2.60. The number of rotatable bonds is 5. The molecule has 0 unspecified atom stereocenters. The van der Waals surface area contributed by atoms with Gasteiger partial charge in [0.15, 0.2) is 5.96 Å². The highest BCUT2D eigenvalue weighted by atomic mass is 35.5. The van der Waals surface area contributed by atoms with Crippen molar-refractivity contribution in [2.24, 2.45) is 10.7 Å². The van der Waals surface area contributed by atoms with E-state index in [1.54, 1.807) is 46.1 Å². The number of ether oxygens (including phenoxy) is 2. The number of benzene rings is 1. The second-order valence-electron chi connectivity index (χ2n) is 5.67. The molecule has 1 aromatic carbocycles. The van der Waals surface area contributed by atoms with Gasteiger partial charge < -0.3 is 25.8 Å². The third-order valence-electron chi connectivity index (χ3n) is 2.49. The first-order valence-corrected chi connectivity index (χ1v) is 7.46. The van der Waals surface area contributed by atoms with Crippen LogP contribution in [0.5, 0.6) is 5.75 Å². The van der Waals surface area contributed by atoms with E-state index in [9.17, 15) is 4.79 Å². The van der Waals surface area contributed by atoms with Crippen LogP contribution in [0.25, 0.3) is 0 Å². The number of nitrogens with zero attached hydrogens (tertiary/aromatic N) is 1. The first-order chi connectivity index (χ1) is 10.7. The summed E-state index contributed by atoms with van der Waals surface area (Å²) in [6, 6.07) is 5.18. The summed E-state index contributed by atoms with van der Waals surface area (Å²) in [5, 5.41) is 5.97. The molecule has 0 aromatic heterocycles. The van der Waals surface area contributed by atoms with Crippen LogP contribution in [0, 0.1) is 0 Å². The van der Waals surface area contributed by atoms with Gasteiger partial charge in [0.1, 0.15) is 11.4 Å². The van der Waals surface area contributed by atoms with Crippen molar-refractivity contribution in [3.8, 4) is 5.75 Å². The molecule has 8 heteroatoms. The fourth-order valence-electron chi connectivity index (χ4n) is 1.58. The van der Waals surface area contributed by atoms with Gasteiger partial charge in [-0.2, -0.15) is 0 Å². The number of aliphatic imine (C=N–C) groups is 1. The van der Waals surface area contributed by atoms with Crippen LogP contribution in [0.15, 0.2) is 23.2 Å². The molecular weight excluding hydrogens is 320 g/mol. The number of alkyl carbamates (subject to hydrolysis) is 1. The third kappa shape index (κ3) is 7.60. The zero-order valence-corrected chi connectivity index (χ0v) is 14.5. The summed E-state index contributed by atoms with van der Waals surface area (Å²) in [6.45, 7) is 6.04. The van der Waals surface area contributed by atoms with Crippen molar-refractivity contribution in [2.45, 2.75) is 26.4 Å². The van der Waals surface area contributed by atoms with Gasteiger partial charge in [0.25, 0.3) is 0 Å². The summed E-state index contributed by atoms with van der Waals surface area (Å²) in [6.07, 6.45) is -0.485. The number of hydrogen-bond donors (Lipinski definition) is 3. The Morgan fingerprint density at radius 1 is 1.39 bits per heavy atom. The lowest BCUT2D eigenvalue weighted by Crippen LogP contribution is -2.34. The highest BCUT2D eigenvalue weighted by molar-refractivity contribution is 6.32. The first kappa shape index (κ1) is 18.9. The van der Waals surface area contributed by atoms with E-state index in [0.717, 1.165) is 0 Å². The van der Waals surface area contributed by atoms with Gasteiger partial charge in [-0.1, -0.05) is 11.6 Å². The number of hydrogen-bond acceptors (Lipinski definition) is 4. The van der Waals surface area contributed by atoms with Gasteiger partial charge in [-0.3, -0.25) is 4.99 Å². The molecule has 0 spiro atoms. The minimum absolute atomic E-state index is 0.220. The van der Waals surface area contributed by atoms with Crippen molar-refractivity contribution in [3.05, 3.63) is 23.2 Å². The summed E-state index contributed by atoms with van der Waals surface area (Å²) in [7, 11) is 1.54. The largest absolute Gasteiger partial charge is 0.495 e. The van der Waals surface area contributed by atoms with Crippen molar-refractivity contribution in [1.29, 1.82) is 0 Å². The van der Waals surface area contributed by atoms with Crippen molar-refractivity contribution < 1.29 is 14.3 Å². The van der Waals surface area contributed by atoms with Crippen LogP contribution in [0.3, 0.4) is 0 Å². The number of amides is 1. The number of methoxy groups -OCH3 is 1. The highest BCUT2D eigenvalue weighted by Crippen LogP contribution is 2.26. The Hall–Kier alpha value is -2.15. The number of nitrogens with one attached hydrogen (secondary N) is 2. The van der Waals surface area contributed by atoms with E-state index in [4.69, 9.17) is 26.8 Å². The molecule has 128 valence electrons. The molecule has 23 heavy (non-hydrogen) atoms. The maximum absolute atomic E-state index is 11.4. The lowest BCUT2D eigenvalue weighted by atomic mass is 10.2. The molecule has 0 bridgehead atoms. The molecule has 1 rings (SSSR count). The quantitative estimate of drug-likeness (QED) is 0.434. The van der Waals surface area contributed by atoms with E-state index in [1.807, 2.05) is 0 Å². The molecule has 0 heterocycles. The van der Waals surface area contributed by atoms with E-state index in [-0.39, 0.29) is 5.96 Å². The van der Waals surface area contributed by atoms with Gasteiger partial charge in [-0.25, -0.2) is 4.79 Å². The number of carbonyl (C=O) groups excluding carboxylic acids is 1. The highest BCUT2D eigenvalue weighted by Gasteiger charge is 2.15. The Morgan fingerprint density at radius 2 is 2.09 bits per heavy atom. The summed E-state index contributed by atoms with van der Waals surface area (Å²) in [5.41, 5.74) is 5.93. The number of carbonyl (C=O) groups is 1. The molecule has 0 radical (unpaired) electrons. The second kappa shape index (κ2) is 8.47. The van der Waals surface area contributed by atoms with Crippen LogP contribution in [0.1, 0.15) is 20.8 Å². The van der Waals surface area contributed by atoms with E-state index in [0.29, 0.717) is 29.5 Å². The van der Waals surface area contributed by atoms with Crippen molar-refractivity contribution in [3.63, 3.8) is 0 Å². The minimum Gasteiger partial charge on any atom is -0.495 e. The molecule has 0 aliphatic rings. The van der Waals surface area contributed by atoms with Crippen LogP contribution >= 0.6 is 11.6 Å². The molecule has 0 atom stereocenters. The third-order valence-corrected chi connectivity index (χ3v) is 2.78. The Kier molecular flexibility index (Phi) is 6.96. The Labute approximate surface area is 141 Å². The predicted molar refractivity (Wildman–Crippen MR) is 92.4 cm³/mol. The maximum atomic E-state index is 11.4. The van der Waals surface area contributed by atoms with Crippen molar-refractivity contribution >= 4 is 29.3 Å². The van der Waals surface area contributed by atoms with Gasteiger partial charge in [0, 0.05) is 12.2 Å². The zero-order chi connectivity index (χ0) is 17.5. The average molecular weight is 343 g/mol. The van der Waals surface area contributed by atoms with Crippen molar-refractivity contribution in [1.82, 2.24) is 5.32 Å². The zero-order valence-electron chi connectivity index (χ0n) is 13.8. The molecule has 0 aliphatic heterocycles. The van der Waals surface area contributed by atoms with E-state index < -0.39 is 11.7 Å². The van der Waals surface area contributed by atoms with Gasteiger partial charge in [-0.15, -0.1) is 0 Å². The number of anilines is 1. The molecule has 4 N–H and O–H groups in total. The van der Waals surface area contributed by atoms with Crippen LogP contribution < -0.4 is 21.1 Å². The molecule has 0 fully saturated rings. The van der Waals surface area contributed by atoms with E-state index in [2.05, 4.69) is 15.6 Å². The van der Waals surface area contributed by atoms with Gasteiger partial charge in [0.2, 0.25) is 0 Å². The summed E-state index contributed by atoms with van der Waals surface area (Å²) in [4.78, 5) is 15.5. The smallest absolute Gasteiger partial charge is 0.407 e. The van der Waals surface area contributed by atoms with Gasteiger partial charge in [-0.05, 0) is 39.0 Å².